The Morgan fingerprint density at radius 2 is 1.09 bits per heavy atom. The number of carbonyl (C=O) groups excluding carboxylic acids is 11. The Kier molecular flexibility index (Phi) is 23.6. The van der Waals surface area contributed by atoms with Gasteiger partial charge in [0.15, 0.2) is 0 Å². The molecular formula is C38H49I2N11O13. The number of carbonyl (C=O) groups is 12. The highest BCUT2D eigenvalue weighted by molar-refractivity contribution is 14.1. The number of carboxylic acid groups (broad SMARTS) is 1. The van der Waals surface area contributed by atoms with Gasteiger partial charge in [0.1, 0.15) is 36.5 Å². The summed E-state index contributed by atoms with van der Waals surface area (Å²) in [7, 11) is 0. The van der Waals surface area contributed by atoms with Crippen LogP contribution in [-0.2, 0) is 64.0 Å². The first kappa shape index (κ1) is 54.1. The number of aliphatic carboxylic acids is 1. The second kappa shape index (κ2) is 27.9. The summed E-state index contributed by atoms with van der Waals surface area (Å²) >= 11 is 4.23. The molecule has 0 saturated heterocycles. The van der Waals surface area contributed by atoms with E-state index in [9.17, 15) is 62.6 Å². The number of nitrogens with two attached hydrogens (primary N) is 3. The number of primary amides is 2. The summed E-state index contributed by atoms with van der Waals surface area (Å²) < 4.78 is 1.98. The Morgan fingerprint density at radius 3 is 1.61 bits per heavy atom. The predicted octanol–water partition coefficient (Wildman–Crippen LogP) is -4.58. The molecule has 0 heterocycles. The maximum Gasteiger partial charge on any atom is 0.305 e. The average molecular weight is 1120 g/mol. The predicted molar refractivity (Wildman–Crippen MR) is 241 cm³/mol. The van der Waals surface area contributed by atoms with Crippen molar-refractivity contribution in [2.24, 2.45) is 17.2 Å². The molecule has 0 aliphatic heterocycles. The number of benzene rings is 1. The molecule has 0 saturated carbocycles. The normalized spacial score (nSPS) is 14.2. The number of hydrogen-bond acceptors (Lipinski definition) is 13. The van der Waals surface area contributed by atoms with Crippen LogP contribution in [0.15, 0.2) is 45.6 Å². The van der Waals surface area contributed by atoms with Crippen molar-refractivity contribution in [3.8, 4) is 0 Å². The van der Waals surface area contributed by atoms with Gasteiger partial charge >= 0.3 is 5.97 Å². The van der Waals surface area contributed by atoms with E-state index in [1.54, 1.807) is 24.3 Å². The molecule has 1 aliphatic carbocycles. The molecule has 1 aromatic carbocycles. The molecule has 0 bridgehead atoms. The van der Waals surface area contributed by atoms with Crippen molar-refractivity contribution >= 4 is 117 Å². The molecular weight excluding hydrogens is 1070 g/mol. The van der Waals surface area contributed by atoms with Crippen molar-refractivity contribution in [1.29, 1.82) is 0 Å². The number of halogens is 2. The van der Waals surface area contributed by atoms with Crippen LogP contribution in [0.5, 0.6) is 0 Å². The van der Waals surface area contributed by atoms with Gasteiger partial charge in [-0.3, -0.25) is 52.7 Å². The first-order valence-corrected chi connectivity index (χ1v) is 21.4. The summed E-state index contributed by atoms with van der Waals surface area (Å²) in [6.07, 6.45) is 2.66. The summed E-state index contributed by atoms with van der Waals surface area (Å²) in [6.45, 7) is -2.26. The fourth-order valence-electron chi connectivity index (χ4n) is 5.68. The molecule has 348 valence electrons. The third-order valence-corrected chi connectivity index (χ3v) is 10.4. The number of aldehydes is 1. The molecule has 15 N–H and O–H groups in total. The standard InChI is InChI=1S/C38H49I2N11O13/c39-21-5-1-19(2-6-21)11-23(47-30(55)16-41)35(61)46-17-31(56)45-18-32(57)48-25(13-28(42)53)36(62)51-27(15-33(58)59)38(64)50-26(14-29(43)54)37(63)49-24(34(60)44-9-10-52)12-20-3-7-22(40)8-4-20/h1,3-5,7-8,10,23-27H,2,6,9,11-18,41H2,(H2,42,53)(H2,43,54)(H,44,60)(H,45,56)(H,46,61)(H,47,55)(H,48,57)(H,49,63)(H,50,64)(H,51,62)(H,58,59)/t23-,24-,25-,26-,27-/m0/s1. The van der Waals surface area contributed by atoms with Crippen LogP contribution < -0.4 is 59.7 Å². The molecule has 2 rings (SSSR count). The fraction of sp³-hybridized carbons (Fsp3) is 0.421. The van der Waals surface area contributed by atoms with Gasteiger partial charge in [-0.05, 0) is 85.7 Å². The van der Waals surface area contributed by atoms with Crippen LogP contribution in [-0.4, -0.2) is 133 Å². The molecule has 0 radical (unpaired) electrons. The lowest BCUT2D eigenvalue weighted by atomic mass is 9.97. The number of hydrogen-bond donors (Lipinski definition) is 12. The highest BCUT2D eigenvalue weighted by atomic mass is 127. The van der Waals surface area contributed by atoms with Crippen LogP contribution >= 0.6 is 45.2 Å². The van der Waals surface area contributed by atoms with Gasteiger partial charge in [-0.25, -0.2) is 0 Å². The lowest BCUT2D eigenvalue weighted by Crippen LogP contribution is -2.60. The third-order valence-electron chi connectivity index (χ3n) is 8.81. The van der Waals surface area contributed by atoms with Crippen molar-refractivity contribution in [3.05, 3.63) is 54.7 Å². The second-order valence-electron chi connectivity index (χ2n) is 13.9. The van der Waals surface area contributed by atoms with E-state index in [2.05, 4.69) is 87.7 Å². The van der Waals surface area contributed by atoms with Crippen LogP contribution in [0.3, 0.4) is 0 Å². The molecule has 64 heavy (non-hydrogen) atoms. The minimum absolute atomic E-state index is 0.108. The molecule has 0 spiro atoms. The zero-order valence-electron chi connectivity index (χ0n) is 34.0. The van der Waals surface area contributed by atoms with E-state index in [4.69, 9.17) is 17.2 Å². The van der Waals surface area contributed by atoms with Crippen molar-refractivity contribution in [3.63, 3.8) is 0 Å². The zero-order chi connectivity index (χ0) is 47.9. The summed E-state index contributed by atoms with van der Waals surface area (Å²) in [5, 5.41) is 27.6. The topological polar surface area (TPSA) is 399 Å². The van der Waals surface area contributed by atoms with E-state index in [1.165, 1.54) is 0 Å². The summed E-state index contributed by atoms with van der Waals surface area (Å²) in [4.78, 5) is 150. The monoisotopic (exact) mass is 1120 g/mol. The minimum Gasteiger partial charge on any atom is -0.481 e. The maximum atomic E-state index is 13.5. The molecule has 5 atom stereocenters. The summed E-state index contributed by atoms with van der Waals surface area (Å²) in [5.41, 5.74) is 17.4. The molecule has 0 unspecified atom stereocenters. The van der Waals surface area contributed by atoms with Gasteiger partial charge in [0.05, 0.1) is 45.4 Å². The summed E-state index contributed by atoms with van der Waals surface area (Å²) in [5.74, 6) is -11.8. The molecule has 1 aromatic rings. The molecule has 10 amide bonds. The molecule has 0 fully saturated rings. The number of amides is 10. The SMILES string of the molecule is NCC(=O)N[C@@H](CC1=CC=C(I)CC1)C(=O)NCC(=O)NCC(=O)N[C@@H](CC(N)=O)C(=O)N[C@@H](CC(=O)O)C(=O)N[C@@H](CC(N)=O)C(=O)N[C@@H](Cc1ccc(I)cc1)C(=O)NCC=O. The van der Waals surface area contributed by atoms with Crippen molar-refractivity contribution in [2.75, 3.05) is 26.2 Å². The Labute approximate surface area is 392 Å². The highest BCUT2D eigenvalue weighted by Crippen LogP contribution is 2.25. The van der Waals surface area contributed by atoms with Crippen molar-refractivity contribution in [1.82, 2.24) is 42.5 Å². The molecule has 24 nitrogen and oxygen atoms in total. The number of carboxylic acids is 1. The number of allylic oxidation sites excluding steroid dienone is 3. The van der Waals surface area contributed by atoms with Crippen LogP contribution in [0.25, 0.3) is 0 Å². The van der Waals surface area contributed by atoms with Crippen LogP contribution in [0.4, 0.5) is 0 Å². The maximum absolute atomic E-state index is 13.5. The molecule has 26 heteroatoms. The van der Waals surface area contributed by atoms with Gasteiger partial charge in [-0.1, -0.05) is 29.9 Å². The molecule has 0 aromatic heterocycles. The summed E-state index contributed by atoms with van der Waals surface area (Å²) in [6, 6.07) is -1.32. The lowest BCUT2D eigenvalue weighted by molar-refractivity contribution is -0.142. The van der Waals surface area contributed by atoms with Crippen LogP contribution in [0.2, 0.25) is 0 Å². The minimum atomic E-state index is -2.02. The van der Waals surface area contributed by atoms with E-state index in [1.807, 2.05) is 12.2 Å². The first-order chi connectivity index (χ1) is 30.2. The van der Waals surface area contributed by atoms with Crippen LogP contribution in [0.1, 0.15) is 44.1 Å². The smallest absolute Gasteiger partial charge is 0.305 e. The highest BCUT2D eigenvalue weighted by Gasteiger charge is 2.34. The van der Waals surface area contributed by atoms with Crippen molar-refractivity contribution in [2.45, 2.75) is 75.2 Å². The number of rotatable bonds is 27. The van der Waals surface area contributed by atoms with Gasteiger partial charge in [0.2, 0.25) is 59.1 Å². The van der Waals surface area contributed by atoms with Gasteiger partial charge in [-0.15, -0.1) is 0 Å². The zero-order valence-corrected chi connectivity index (χ0v) is 38.4. The Hall–Kier alpha value is -6.04. The Morgan fingerprint density at radius 1 is 0.594 bits per heavy atom. The molecule has 1 aliphatic rings. The lowest BCUT2D eigenvalue weighted by Gasteiger charge is -2.25. The Balaban J connectivity index is 2.13. The van der Waals surface area contributed by atoms with E-state index in [0.717, 1.165) is 19.1 Å². The van der Waals surface area contributed by atoms with E-state index < -0.39 is 141 Å². The van der Waals surface area contributed by atoms with E-state index in [-0.39, 0.29) is 12.8 Å². The first-order valence-electron chi connectivity index (χ1n) is 19.2. The largest absolute Gasteiger partial charge is 0.481 e. The van der Waals surface area contributed by atoms with E-state index in [0.29, 0.717) is 18.3 Å². The fourth-order valence-corrected chi connectivity index (χ4v) is 6.49. The van der Waals surface area contributed by atoms with Crippen molar-refractivity contribution < 1.29 is 62.6 Å². The van der Waals surface area contributed by atoms with Gasteiger partial charge < -0.3 is 69.6 Å². The third kappa shape index (κ3) is 20.9. The average Bonchev–Trinajstić information content (AvgIpc) is 3.23. The Bertz CT molecular complexity index is 2010. The van der Waals surface area contributed by atoms with Gasteiger partial charge in [0.25, 0.3) is 0 Å². The van der Waals surface area contributed by atoms with Crippen LogP contribution in [0, 0.1) is 3.57 Å². The quantitative estimate of drug-likeness (QED) is 0.0292. The van der Waals surface area contributed by atoms with E-state index >= 15 is 0 Å². The number of nitrogens with one attached hydrogen (secondary N) is 8. The second-order valence-corrected chi connectivity index (χ2v) is 16.6. The van der Waals surface area contributed by atoms with Gasteiger partial charge in [0, 0.05) is 9.99 Å². The van der Waals surface area contributed by atoms with Gasteiger partial charge in [-0.2, -0.15) is 0 Å².